The SMILES string of the molecule is Cc1nc(N2CCSC(C)C2)ncc1CCl. The Balaban J connectivity index is 2.17. The molecule has 1 fully saturated rings. The Morgan fingerprint density at radius 2 is 2.44 bits per heavy atom. The Kier molecular flexibility index (Phi) is 3.92. The molecule has 1 aromatic rings. The second-order valence-electron chi connectivity index (χ2n) is 4.04. The van der Waals surface area contributed by atoms with Crippen LogP contribution in [0, 0.1) is 6.92 Å². The van der Waals surface area contributed by atoms with E-state index >= 15 is 0 Å². The summed E-state index contributed by atoms with van der Waals surface area (Å²) in [5.41, 5.74) is 2.01. The number of anilines is 1. The lowest BCUT2D eigenvalue weighted by Crippen LogP contribution is -2.37. The number of aromatic nitrogens is 2. The highest BCUT2D eigenvalue weighted by Gasteiger charge is 2.19. The Labute approximate surface area is 106 Å². The first-order chi connectivity index (χ1) is 7.70. The number of hydrogen-bond donors (Lipinski definition) is 0. The molecular weight excluding hydrogens is 242 g/mol. The van der Waals surface area contributed by atoms with Crippen molar-refractivity contribution in [3.05, 3.63) is 17.5 Å². The lowest BCUT2D eigenvalue weighted by atomic mass is 10.3. The third-order valence-corrected chi connectivity index (χ3v) is 4.16. The average Bonchev–Trinajstić information content (AvgIpc) is 2.29. The van der Waals surface area contributed by atoms with Crippen LogP contribution in [0.3, 0.4) is 0 Å². The van der Waals surface area contributed by atoms with Crippen molar-refractivity contribution < 1.29 is 0 Å². The van der Waals surface area contributed by atoms with E-state index in [0.29, 0.717) is 11.1 Å². The number of aryl methyl sites for hydroxylation is 1. The fourth-order valence-corrected chi connectivity index (χ4v) is 3.04. The Bertz CT molecular complexity index is 372. The molecule has 0 bridgehead atoms. The minimum Gasteiger partial charge on any atom is -0.339 e. The second kappa shape index (κ2) is 5.23. The molecule has 0 aromatic carbocycles. The van der Waals surface area contributed by atoms with Crippen LogP contribution in [0.5, 0.6) is 0 Å². The molecule has 1 saturated heterocycles. The van der Waals surface area contributed by atoms with E-state index in [-0.39, 0.29) is 0 Å². The van der Waals surface area contributed by atoms with Crippen LogP contribution in [-0.4, -0.2) is 34.1 Å². The van der Waals surface area contributed by atoms with Gasteiger partial charge in [0.05, 0.1) is 5.88 Å². The van der Waals surface area contributed by atoms with Gasteiger partial charge in [0, 0.05) is 41.5 Å². The Morgan fingerprint density at radius 3 is 3.06 bits per heavy atom. The Hall–Kier alpha value is -0.480. The van der Waals surface area contributed by atoms with Gasteiger partial charge in [-0.15, -0.1) is 11.6 Å². The van der Waals surface area contributed by atoms with Crippen LogP contribution in [0.4, 0.5) is 5.95 Å². The van der Waals surface area contributed by atoms with Crippen molar-refractivity contribution in [3.63, 3.8) is 0 Å². The highest BCUT2D eigenvalue weighted by Crippen LogP contribution is 2.21. The van der Waals surface area contributed by atoms with Crippen LogP contribution in [0.2, 0.25) is 0 Å². The third kappa shape index (κ3) is 2.61. The minimum absolute atomic E-state index is 0.484. The molecule has 3 nitrogen and oxygen atoms in total. The summed E-state index contributed by atoms with van der Waals surface area (Å²) in [4.78, 5) is 11.2. The number of thioether (sulfide) groups is 1. The van der Waals surface area contributed by atoms with Gasteiger partial charge in [-0.25, -0.2) is 9.97 Å². The molecule has 2 heterocycles. The van der Waals surface area contributed by atoms with Crippen LogP contribution in [-0.2, 0) is 5.88 Å². The molecule has 0 radical (unpaired) electrons. The van der Waals surface area contributed by atoms with E-state index in [0.717, 1.165) is 36.0 Å². The number of hydrogen-bond acceptors (Lipinski definition) is 4. The van der Waals surface area contributed by atoms with E-state index < -0.39 is 0 Å². The summed E-state index contributed by atoms with van der Waals surface area (Å²) in [6.07, 6.45) is 1.84. The van der Waals surface area contributed by atoms with Gasteiger partial charge in [-0.05, 0) is 6.92 Å². The van der Waals surface area contributed by atoms with Crippen molar-refractivity contribution >= 4 is 29.3 Å². The van der Waals surface area contributed by atoms with Gasteiger partial charge in [-0.2, -0.15) is 11.8 Å². The summed E-state index contributed by atoms with van der Waals surface area (Å²) in [5.74, 6) is 2.48. The van der Waals surface area contributed by atoms with Gasteiger partial charge >= 0.3 is 0 Å². The molecule has 1 atom stereocenters. The second-order valence-corrected chi connectivity index (χ2v) is 5.86. The summed E-state index contributed by atoms with van der Waals surface area (Å²) < 4.78 is 0. The molecule has 5 heteroatoms. The van der Waals surface area contributed by atoms with Gasteiger partial charge < -0.3 is 4.90 Å². The zero-order valence-corrected chi connectivity index (χ0v) is 11.2. The normalized spacial score (nSPS) is 21.2. The van der Waals surface area contributed by atoms with Crippen molar-refractivity contribution in [2.24, 2.45) is 0 Å². The zero-order chi connectivity index (χ0) is 11.5. The zero-order valence-electron chi connectivity index (χ0n) is 9.61. The molecule has 0 saturated carbocycles. The summed E-state index contributed by atoms with van der Waals surface area (Å²) in [6, 6.07) is 0. The van der Waals surface area contributed by atoms with Crippen LogP contribution >= 0.6 is 23.4 Å². The van der Waals surface area contributed by atoms with Gasteiger partial charge in [0.1, 0.15) is 0 Å². The number of alkyl halides is 1. The lowest BCUT2D eigenvalue weighted by Gasteiger charge is -2.30. The largest absolute Gasteiger partial charge is 0.339 e. The molecule has 0 spiro atoms. The standard InChI is InChI=1S/C11H16ClN3S/c1-8-7-15(3-4-16-8)11-13-6-10(5-12)9(2)14-11/h6,8H,3-5,7H2,1-2H3. The van der Waals surface area contributed by atoms with Crippen molar-refractivity contribution in [2.45, 2.75) is 25.0 Å². The molecule has 1 aliphatic heterocycles. The van der Waals surface area contributed by atoms with Gasteiger partial charge in [0.2, 0.25) is 5.95 Å². The predicted octanol–water partition coefficient (Wildman–Crippen LogP) is 2.47. The first-order valence-corrected chi connectivity index (χ1v) is 7.04. The van der Waals surface area contributed by atoms with E-state index in [1.165, 1.54) is 0 Å². The summed E-state index contributed by atoms with van der Waals surface area (Å²) in [6.45, 7) is 6.31. The fraction of sp³-hybridized carbons (Fsp3) is 0.636. The van der Waals surface area contributed by atoms with Crippen LogP contribution in [0.15, 0.2) is 6.20 Å². The van der Waals surface area contributed by atoms with Crippen LogP contribution < -0.4 is 4.90 Å². The van der Waals surface area contributed by atoms with Crippen molar-refractivity contribution in [1.82, 2.24) is 9.97 Å². The summed E-state index contributed by atoms with van der Waals surface area (Å²) >= 11 is 7.81. The van der Waals surface area contributed by atoms with E-state index in [1.54, 1.807) is 0 Å². The first kappa shape index (κ1) is 12.0. The first-order valence-electron chi connectivity index (χ1n) is 5.45. The van der Waals surface area contributed by atoms with Crippen LogP contribution in [0.1, 0.15) is 18.2 Å². The Morgan fingerprint density at radius 1 is 1.62 bits per heavy atom. The van der Waals surface area contributed by atoms with Gasteiger partial charge in [0.15, 0.2) is 0 Å². The quantitative estimate of drug-likeness (QED) is 0.762. The maximum absolute atomic E-state index is 5.80. The molecule has 1 aromatic heterocycles. The molecule has 1 unspecified atom stereocenters. The number of rotatable bonds is 2. The van der Waals surface area contributed by atoms with Gasteiger partial charge in [0.25, 0.3) is 0 Å². The predicted molar refractivity (Wildman–Crippen MR) is 70.5 cm³/mol. The highest BCUT2D eigenvalue weighted by atomic mass is 35.5. The van der Waals surface area contributed by atoms with Gasteiger partial charge in [-0.3, -0.25) is 0 Å². The smallest absolute Gasteiger partial charge is 0.225 e. The molecule has 0 N–H and O–H groups in total. The van der Waals surface area contributed by atoms with E-state index in [4.69, 9.17) is 11.6 Å². The molecule has 0 aliphatic carbocycles. The summed E-state index contributed by atoms with van der Waals surface area (Å²) in [5, 5.41) is 0.658. The van der Waals surface area contributed by atoms with Crippen molar-refractivity contribution in [1.29, 1.82) is 0 Å². The summed E-state index contributed by atoms with van der Waals surface area (Å²) in [7, 11) is 0. The minimum atomic E-state index is 0.484. The third-order valence-electron chi connectivity index (χ3n) is 2.74. The molecule has 88 valence electrons. The van der Waals surface area contributed by atoms with Gasteiger partial charge in [-0.1, -0.05) is 6.92 Å². The lowest BCUT2D eigenvalue weighted by molar-refractivity contribution is 0.750. The topological polar surface area (TPSA) is 29.0 Å². The van der Waals surface area contributed by atoms with E-state index in [9.17, 15) is 0 Å². The average molecular weight is 258 g/mol. The molecule has 0 amide bonds. The van der Waals surface area contributed by atoms with Crippen molar-refractivity contribution in [2.75, 3.05) is 23.7 Å². The molecule has 16 heavy (non-hydrogen) atoms. The molecular formula is C11H16ClN3S. The molecule has 2 rings (SSSR count). The molecule has 1 aliphatic rings. The number of halogens is 1. The fourth-order valence-electron chi connectivity index (χ4n) is 1.76. The van der Waals surface area contributed by atoms with Crippen LogP contribution in [0.25, 0.3) is 0 Å². The maximum atomic E-state index is 5.80. The van der Waals surface area contributed by atoms with E-state index in [1.807, 2.05) is 24.9 Å². The van der Waals surface area contributed by atoms with E-state index in [2.05, 4.69) is 21.8 Å². The van der Waals surface area contributed by atoms with Crippen molar-refractivity contribution in [3.8, 4) is 0 Å². The monoisotopic (exact) mass is 257 g/mol. The number of nitrogens with zero attached hydrogens (tertiary/aromatic N) is 3. The highest BCUT2D eigenvalue weighted by molar-refractivity contribution is 8.00. The maximum Gasteiger partial charge on any atom is 0.225 e.